The lowest BCUT2D eigenvalue weighted by atomic mass is 9.96. The Morgan fingerprint density at radius 3 is 3.11 bits per heavy atom. The Labute approximate surface area is 163 Å². The molecule has 8 nitrogen and oxygen atoms in total. The predicted octanol–water partition coefficient (Wildman–Crippen LogP) is 2.37. The van der Waals surface area contributed by atoms with Gasteiger partial charge in [-0.05, 0) is 31.0 Å². The minimum absolute atomic E-state index is 0.0534. The molecule has 1 atom stereocenters. The van der Waals surface area contributed by atoms with E-state index in [0.717, 1.165) is 42.2 Å². The Hall–Kier alpha value is -2.87. The molecule has 4 rings (SSSR count). The molecule has 0 unspecified atom stereocenters. The van der Waals surface area contributed by atoms with Crippen LogP contribution in [0.3, 0.4) is 0 Å². The van der Waals surface area contributed by atoms with E-state index in [1.165, 1.54) is 0 Å². The van der Waals surface area contributed by atoms with Crippen molar-refractivity contribution in [1.29, 1.82) is 0 Å². The number of benzene rings is 1. The number of rotatable bonds is 6. The molecule has 148 valence electrons. The monoisotopic (exact) mass is 382 g/mol. The molecular formula is C20H26N6O2. The van der Waals surface area contributed by atoms with Crippen molar-refractivity contribution in [2.45, 2.75) is 18.8 Å². The molecule has 0 spiro atoms. The molecule has 0 aliphatic carbocycles. The number of nitrogens with one attached hydrogen (secondary N) is 2. The molecule has 0 saturated carbocycles. The number of likely N-dealkylation sites (tertiary alicyclic amines) is 1. The maximum Gasteiger partial charge on any atom is 0.253 e. The molecule has 1 fully saturated rings. The van der Waals surface area contributed by atoms with Crippen LogP contribution in [0.2, 0.25) is 0 Å². The smallest absolute Gasteiger partial charge is 0.253 e. The van der Waals surface area contributed by atoms with Crippen LogP contribution in [0.1, 0.15) is 34.9 Å². The molecule has 1 amide bonds. The molecule has 0 radical (unpaired) electrons. The highest BCUT2D eigenvalue weighted by Gasteiger charge is 2.27. The van der Waals surface area contributed by atoms with Crippen LogP contribution >= 0.6 is 0 Å². The summed E-state index contributed by atoms with van der Waals surface area (Å²) in [4.78, 5) is 27.2. The number of methoxy groups -OCH3 is 1. The molecule has 1 aliphatic rings. The molecule has 0 bridgehead atoms. The number of carbonyl (C=O) groups excluding carboxylic acids is 1. The number of carbonyl (C=O) groups is 1. The minimum atomic E-state index is 0.0534. The number of hydrogen-bond acceptors (Lipinski definition) is 5. The summed E-state index contributed by atoms with van der Waals surface area (Å²) >= 11 is 0. The fourth-order valence-corrected chi connectivity index (χ4v) is 3.82. The van der Waals surface area contributed by atoms with Gasteiger partial charge in [0.2, 0.25) is 5.95 Å². The molecule has 2 N–H and O–H groups in total. The van der Waals surface area contributed by atoms with Gasteiger partial charge in [0, 0.05) is 57.7 Å². The maximum absolute atomic E-state index is 13.1. The Kier molecular flexibility index (Phi) is 5.29. The SMILES string of the molecule is COCCNc1nc2cc(C(=O)N3CCC[C@H](c4ncc[nH]4)C3)ccc2n1C. The Morgan fingerprint density at radius 1 is 1.43 bits per heavy atom. The number of fused-ring (bicyclic) bond motifs is 1. The van der Waals surface area contributed by atoms with E-state index in [-0.39, 0.29) is 11.8 Å². The van der Waals surface area contributed by atoms with Gasteiger partial charge in [0.05, 0.1) is 17.6 Å². The van der Waals surface area contributed by atoms with E-state index in [9.17, 15) is 4.79 Å². The number of nitrogens with zero attached hydrogens (tertiary/aromatic N) is 4. The van der Waals surface area contributed by atoms with Crippen molar-refractivity contribution >= 4 is 22.9 Å². The highest BCUT2D eigenvalue weighted by molar-refractivity contribution is 5.97. The molecule has 1 aliphatic heterocycles. The normalized spacial score (nSPS) is 17.2. The summed E-state index contributed by atoms with van der Waals surface area (Å²) in [7, 11) is 3.64. The lowest BCUT2D eigenvalue weighted by Gasteiger charge is -2.32. The number of piperidine rings is 1. The Balaban J connectivity index is 1.52. The first-order valence-corrected chi connectivity index (χ1v) is 9.65. The Bertz CT molecular complexity index is 949. The topological polar surface area (TPSA) is 88.1 Å². The lowest BCUT2D eigenvalue weighted by Crippen LogP contribution is -2.39. The summed E-state index contributed by atoms with van der Waals surface area (Å²) in [6.45, 7) is 2.76. The van der Waals surface area contributed by atoms with Crippen LogP contribution < -0.4 is 5.32 Å². The first-order valence-electron chi connectivity index (χ1n) is 9.65. The zero-order valence-corrected chi connectivity index (χ0v) is 16.3. The third kappa shape index (κ3) is 3.60. The van der Waals surface area contributed by atoms with Gasteiger partial charge in [0.15, 0.2) is 0 Å². The molecule has 1 saturated heterocycles. The van der Waals surface area contributed by atoms with Gasteiger partial charge in [-0.3, -0.25) is 4.79 Å². The summed E-state index contributed by atoms with van der Waals surface area (Å²) in [5.74, 6) is 2.05. The van der Waals surface area contributed by atoms with Crippen LogP contribution in [-0.4, -0.2) is 63.7 Å². The van der Waals surface area contributed by atoms with E-state index in [1.54, 1.807) is 13.3 Å². The first-order chi connectivity index (χ1) is 13.7. The average Bonchev–Trinajstić information content (AvgIpc) is 3.36. The number of H-pyrrole nitrogens is 1. The summed E-state index contributed by atoms with van der Waals surface area (Å²) in [5, 5.41) is 3.26. The zero-order valence-electron chi connectivity index (χ0n) is 16.3. The van der Waals surface area contributed by atoms with E-state index < -0.39 is 0 Å². The van der Waals surface area contributed by atoms with Crippen LogP contribution in [0.5, 0.6) is 0 Å². The number of imidazole rings is 2. The van der Waals surface area contributed by atoms with Gasteiger partial charge in [-0.1, -0.05) is 0 Å². The fraction of sp³-hybridized carbons (Fsp3) is 0.450. The summed E-state index contributed by atoms with van der Waals surface area (Å²) in [6.07, 6.45) is 5.64. The molecule has 3 heterocycles. The average molecular weight is 382 g/mol. The molecule has 8 heteroatoms. The largest absolute Gasteiger partial charge is 0.383 e. The predicted molar refractivity (Wildman–Crippen MR) is 108 cm³/mol. The lowest BCUT2D eigenvalue weighted by molar-refractivity contribution is 0.0705. The molecule has 28 heavy (non-hydrogen) atoms. The third-order valence-corrected chi connectivity index (χ3v) is 5.33. The molecule has 1 aromatic carbocycles. The van der Waals surface area contributed by atoms with E-state index >= 15 is 0 Å². The van der Waals surface area contributed by atoms with Crippen molar-refractivity contribution < 1.29 is 9.53 Å². The van der Waals surface area contributed by atoms with Gasteiger partial charge in [-0.25, -0.2) is 9.97 Å². The number of hydrogen-bond donors (Lipinski definition) is 2. The summed E-state index contributed by atoms with van der Waals surface area (Å²) < 4.78 is 7.07. The second kappa shape index (κ2) is 8.02. The number of ether oxygens (including phenoxy) is 1. The second-order valence-corrected chi connectivity index (χ2v) is 7.18. The van der Waals surface area contributed by atoms with Gasteiger partial charge in [0.1, 0.15) is 5.82 Å². The van der Waals surface area contributed by atoms with Crippen LogP contribution in [-0.2, 0) is 11.8 Å². The van der Waals surface area contributed by atoms with Crippen molar-refractivity contribution in [2.75, 3.05) is 38.7 Å². The van der Waals surface area contributed by atoms with Crippen molar-refractivity contribution in [3.63, 3.8) is 0 Å². The van der Waals surface area contributed by atoms with Crippen LogP contribution in [0, 0.1) is 0 Å². The third-order valence-electron chi connectivity index (χ3n) is 5.33. The van der Waals surface area contributed by atoms with Crippen molar-refractivity contribution in [3.05, 3.63) is 42.0 Å². The van der Waals surface area contributed by atoms with E-state index in [4.69, 9.17) is 4.74 Å². The molecule has 3 aromatic rings. The molecular weight excluding hydrogens is 356 g/mol. The number of amides is 1. The first kappa shape index (κ1) is 18.5. The second-order valence-electron chi connectivity index (χ2n) is 7.18. The summed E-state index contributed by atoms with van der Waals surface area (Å²) in [6, 6.07) is 5.74. The summed E-state index contributed by atoms with van der Waals surface area (Å²) in [5.41, 5.74) is 2.48. The van der Waals surface area contributed by atoms with E-state index in [1.807, 2.05) is 40.9 Å². The standard InChI is InChI=1S/C20H26N6O2/c1-25-17-6-5-14(12-16(17)24-20(25)23-9-11-28-2)19(27)26-10-3-4-15(13-26)18-21-7-8-22-18/h5-8,12,15H,3-4,9-11,13H2,1-2H3,(H,21,22)(H,23,24)/t15-/m0/s1. The van der Waals surface area contributed by atoms with E-state index in [2.05, 4.69) is 20.3 Å². The number of anilines is 1. The van der Waals surface area contributed by atoms with Gasteiger partial charge in [0.25, 0.3) is 5.91 Å². The van der Waals surface area contributed by atoms with Gasteiger partial charge in [-0.2, -0.15) is 0 Å². The molecule has 2 aromatic heterocycles. The van der Waals surface area contributed by atoms with Gasteiger partial charge < -0.3 is 24.5 Å². The maximum atomic E-state index is 13.1. The van der Waals surface area contributed by atoms with Crippen molar-refractivity contribution in [1.82, 2.24) is 24.4 Å². The van der Waals surface area contributed by atoms with Crippen molar-refractivity contribution in [3.8, 4) is 0 Å². The Morgan fingerprint density at radius 2 is 2.32 bits per heavy atom. The number of aryl methyl sites for hydroxylation is 1. The van der Waals surface area contributed by atoms with Gasteiger partial charge >= 0.3 is 0 Å². The van der Waals surface area contributed by atoms with E-state index in [0.29, 0.717) is 25.3 Å². The minimum Gasteiger partial charge on any atom is -0.383 e. The highest BCUT2D eigenvalue weighted by atomic mass is 16.5. The van der Waals surface area contributed by atoms with Gasteiger partial charge in [-0.15, -0.1) is 0 Å². The quantitative estimate of drug-likeness (QED) is 0.639. The highest BCUT2D eigenvalue weighted by Crippen LogP contribution is 2.26. The fourth-order valence-electron chi connectivity index (χ4n) is 3.82. The van der Waals surface area contributed by atoms with Crippen LogP contribution in [0.25, 0.3) is 11.0 Å². The zero-order chi connectivity index (χ0) is 19.5. The van der Waals surface area contributed by atoms with Crippen LogP contribution in [0.4, 0.5) is 5.95 Å². The number of aromatic nitrogens is 4. The van der Waals surface area contributed by atoms with Crippen molar-refractivity contribution in [2.24, 2.45) is 7.05 Å². The van der Waals surface area contributed by atoms with Crippen LogP contribution in [0.15, 0.2) is 30.6 Å². The number of aromatic amines is 1.